The lowest BCUT2D eigenvalue weighted by Gasteiger charge is -2.06. The standard InChI is InChI=1S/C15H11F3N4O/c1-8-12(11-5-6-20-14(19)22-11)23-13(21-8)9-3-2-4-10(7-9)15(16,17)18/h2-7H,1H3,(H2,19,20,22). The minimum absolute atomic E-state index is 0.0684. The summed E-state index contributed by atoms with van der Waals surface area (Å²) >= 11 is 0. The smallest absolute Gasteiger partial charge is 0.416 e. The van der Waals surface area contributed by atoms with Crippen molar-refractivity contribution in [2.45, 2.75) is 13.1 Å². The van der Waals surface area contributed by atoms with E-state index in [2.05, 4.69) is 15.0 Å². The Balaban J connectivity index is 2.05. The average molecular weight is 320 g/mol. The van der Waals surface area contributed by atoms with Gasteiger partial charge in [0.15, 0.2) is 5.76 Å². The predicted molar refractivity (Wildman–Crippen MR) is 77.1 cm³/mol. The van der Waals surface area contributed by atoms with E-state index in [0.717, 1.165) is 12.1 Å². The second-order valence-corrected chi connectivity index (χ2v) is 4.81. The SMILES string of the molecule is Cc1nc(-c2cccc(C(F)(F)F)c2)oc1-c1ccnc(N)n1. The molecule has 3 aromatic rings. The van der Waals surface area contributed by atoms with Gasteiger partial charge < -0.3 is 10.2 Å². The molecule has 2 aromatic heterocycles. The number of aromatic nitrogens is 3. The molecule has 118 valence electrons. The minimum atomic E-state index is -4.43. The predicted octanol–water partition coefficient (Wildman–Crippen LogP) is 3.71. The summed E-state index contributed by atoms with van der Waals surface area (Å²) in [6, 6.07) is 6.37. The molecule has 8 heteroatoms. The van der Waals surface area contributed by atoms with E-state index >= 15 is 0 Å². The third-order valence-corrected chi connectivity index (χ3v) is 3.14. The van der Waals surface area contributed by atoms with Gasteiger partial charge in [-0.05, 0) is 31.2 Å². The summed E-state index contributed by atoms with van der Waals surface area (Å²) in [5.74, 6) is 0.492. The van der Waals surface area contributed by atoms with Gasteiger partial charge >= 0.3 is 6.18 Å². The van der Waals surface area contributed by atoms with E-state index in [1.54, 1.807) is 13.0 Å². The first-order valence-corrected chi connectivity index (χ1v) is 6.58. The summed E-state index contributed by atoms with van der Waals surface area (Å²) in [7, 11) is 0. The van der Waals surface area contributed by atoms with E-state index < -0.39 is 11.7 Å². The van der Waals surface area contributed by atoms with Crippen molar-refractivity contribution in [1.82, 2.24) is 15.0 Å². The zero-order chi connectivity index (χ0) is 16.6. The Morgan fingerprint density at radius 1 is 1.13 bits per heavy atom. The highest BCUT2D eigenvalue weighted by molar-refractivity contribution is 5.62. The Morgan fingerprint density at radius 3 is 2.61 bits per heavy atom. The van der Waals surface area contributed by atoms with Crippen LogP contribution in [0.4, 0.5) is 19.1 Å². The lowest BCUT2D eigenvalue weighted by molar-refractivity contribution is -0.137. The number of nitrogen functional groups attached to an aromatic ring is 1. The molecular formula is C15H11F3N4O. The topological polar surface area (TPSA) is 77.8 Å². The molecule has 0 aliphatic carbocycles. The molecule has 5 nitrogen and oxygen atoms in total. The molecule has 0 fully saturated rings. The van der Waals surface area contributed by atoms with Gasteiger partial charge in [0.05, 0.1) is 11.3 Å². The van der Waals surface area contributed by atoms with Crippen LogP contribution < -0.4 is 5.73 Å². The number of oxazole rings is 1. The van der Waals surface area contributed by atoms with Crippen LogP contribution in [0.1, 0.15) is 11.3 Å². The van der Waals surface area contributed by atoms with Gasteiger partial charge in [-0.1, -0.05) is 6.07 Å². The number of alkyl halides is 3. The van der Waals surface area contributed by atoms with E-state index in [-0.39, 0.29) is 17.4 Å². The number of hydrogen-bond acceptors (Lipinski definition) is 5. The number of halogens is 3. The van der Waals surface area contributed by atoms with Crippen molar-refractivity contribution in [3.05, 3.63) is 47.8 Å². The number of aryl methyl sites for hydroxylation is 1. The first-order valence-electron chi connectivity index (χ1n) is 6.58. The van der Waals surface area contributed by atoms with Gasteiger partial charge in [-0.2, -0.15) is 13.2 Å². The first kappa shape index (κ1) is 15.0. The van der Waals surface area contributed by atoms with Crippen LogP contribution in [0.2, 0.25) is 0 Å². The Morgan fingerprint density at radius 2 is 1.91 bits per heavy atom. The summed E-state index contributed by atoms with van der Waals surface area (Å²) in [4.78, 5) is 12.0. The summed E-state index contributed by atoms with van der Waals surface area (Å²) < 4.78 is 44.0. The molecule has 0 amide bonds. The summed E-state index contributed by atoms with van der Waals surface area (Å²) in [5, 5.41) is 0. The van der Waals surface area contributed by atoms with Crippen LogP contribution in [0.25, 0.3) is 22.9 Å². The van der Waals surface area contributed by atoms with E-state index in [1.165, 1.54) is 18.3 Å². The fourth-order valence-electron chi connectivity index (χ4n) is 2.09. The molecule has 0 aliphatic rings. The van der Waals surface area contributed by atoms with Gasteiger partial charge in [0.2, 0.25) is 11.8 Å². The number of benzene rings is 1. The highest BCUT2D eigenvalue weighted by atomic mass is 19.4. The zero-order valence-corrected chi connectivity index (χ0v) is 11.9. The van der Waals surface area contributed by atoms with Crippen LogP contribution in [0.5, 0.6) is 0 Å². The van der Waals surface area contributed by atoms with Crippen molar-refractivity contribution in [3.63, 3.8) is 0 Å². The van der Waals surface area contributed by atoms with Crippen molar-refractivity contribution in [1.29, 1.82) is 0 Å². The minimum Gasteiger partial charge on any atom is -0.434 e. The van der Waals surface area contributed by atoms with E-state index in [4.69, 9.17) is 10.2 Å². The van der Waals surface area contributed by atoms with Crippen molar-refractivity contribution >= 4 is 5.95 Å². The van der Waals surface area contributed by atoms with Gasteiger partial charge in [-0.15, -0.1) is 0 Å². The highest BCUT2D eigenvalue weighted by Crippen LogP contribution is 2.33. The normalized spacial score (nSPS) is 11.7. The van der Waals surface area contributed by atoms with Crippen LogP contribution >= 0.6 is 0 Å². The maximum Gasteiger partial charge on any atom is 0.416 e. The average Bonchev–Trinajstić information content (AvgIpc) is 2.89. The number of nitrogens with two attached hydrogens (primary N) is 1. The molecule has 3 rings (SSSR count). The number of nitrogens with zero attached hydrogens (tertiary/aromatic N) is 3. The molecule has 0 atom stereocenters. The van der Waals surface area contributed by atoms with Crippen molar-refractivity contribution in [2.75, 3.05) is 5.73 Å². The Labute approximate surface area is 129 Å². The Hall–Kier alpha value is -2.90. The molecule has 0 radical (unpaired) electrons. The zero-order valence-electron chi connectivity index (χ0n) is 11.9. The lowest BCUT2D eigenvalue weighted by Crippen LogP contribution is -2.04. The molecule has 2 N–H and O–H groups in total. The Kier molecular flexibility index (Phi) is 3.51. The second-order valence-electron chi connectivity index (χ2n) is 4.81. The van der Waals surface area contributed by atoms with Gasteiger partial charge in [0.1, 0.15) is 5.69 Å². The lowest BCUT2D eigenvalue weighted by atomic mass is 10.1. The summed E-state index contributed by atoms with van der Waals surface area (Å²) in [5.41, 5.74) is 5.90. The summed E-state index contributed by atoms with van der Waals surface area (Å²) in [6.45, 7) is 1.67. The van der Waals surface area contributed by atoms with E-state index in [9.17, 15) is 13.2 Å². The van der Waals surface area contributed by atoms with Gasteiger partial charge in [-0.3, -0.25) is 0 Å². The van der Waals surface area contributed by atoms with Crippen molar-refractivity contribution in [2.24, 2.45) is 0 Å². The second kappa shape index (κ2) is 5.38. The van der Waals surface area contributed by atoms with Crippen molar-refractivity contribution < 1.29 is 17.6 Å². The maximum absolute atomic E-state index is 12.8. The van der Waals surface area contributed by atoms with Crippen LogP contribution in [0.3, 0.4) is 0 Å². The van der Waals surface area contributed by atoms with E-state index in [0.29, 0.717) is 17.1 Å². The van der Waals surface area contributed by atoms with Gasteiger partial charge in [-0.25, -0.2) is 15.0 Å². The number of rotatable bonds is 2. The molecule has 0 spiro atoms. The molecule has 1 aromatic carbocycles. The van der Waals surface area contributed by atoms with E-state index in [1.807, 2.05) is 0 Å². The molecule has 23 heavy (non-hydrogen) atoms. The summed E-state index contributed by atoms with van der Waals surface area (Å²) in [6.07, 6.45) is -2.97. The van der Waals surface area contributed by atoms with Crippen molar-refractivity contribution in [3.8, 4) is 22.9 Å². The van der Waals surface area contributed by atoms with Gasteiger partial charge in [0, 0.05) is 11.8 Å². The molecule has 0 unspecified atom stereocenters. The Bertz CT molecular complexity index is 858. The van der Waals surface area contributed by atoms with Crippen LogP contribution in [0, 0.1) is 6.92 Å². The molecule has 0 bridgehead atoms. The number of anilines is 1. The third kappa shape index (κ3) is 3.01. The fraction of sp³-hybridized carbons (Fsp3) is 0.133. The molecule has 0 aliphatic heterocycles. The van der Waals surface area contributed by atoms with Gasteiger partial charge in [0.25, 0.3) is 0 Å². The molecule has 2 heterocycles. The third-order valence-electron chi connectivity index (χ3n) is 3.14. The quantitative estimate of drug-likeness (QED) is 0.779. The molecular weight excluding hydrogens is 309 g/mol. The monoisotopic (exact) mass is 320 g/mol. The number of hydrogen-bond donors (Lipinski definition) is 1. The first-order chi connectivity index (χ1) is 10.8. The fourth-order valence-corrected chi connectivity index (χ4v) is 2.09. The van der Waals surface area contributed by atoms with Crippen LogP contribution in [0.15, 0.2) is 40.9 Å². The van der Waals surface area contributed by atoms with Crippen LogP contribution in [-0.4, -0.2) is 15.0 Å². The highest BCUT2D eigenvalue weighted by Gasteiger charge is 2.31. The molecule has 0 saturated carbocycles. The largest absolute Gasteiger partial charge is 0.434 e. The molecule has 0 saturated heterocycles. The maximum atomic E-state index is 12.8. The van der Waals surface area contributed by atoms with Crippen LogP contribution in [-0.2, 0) is 6.18 Å².